The van der Waals surface area contributed by atoms with Gasteiger partial charge >= 0.3 is 6.01 Å². The second-order valence-electron chi connectivity index (χ2n) is 5.36. The van der Waals surface area contributed by atoms with E-state index in [2.05, 4.69) is 29.1 Å². The summed E-state index contributed by atoms with van der Waals surface area (Å²) in [7, 11) is 0. The van der Waals surface area contributed by atoms with Crippen LogP contribution in [-0.2, 0) is 4.79 Å². The summed E-state index contributed by atoms with van der Waals surface area (Å²) < 4.78 is 5.62. The minimum atomic E-state index is -0.588. The lowest BCUT2D eigenvalue weighted by Crippen LogP contribution is -2.32. The van der Waals surface area contributed by atoms with E-state index in [-0.39, 0.29) is 11.9 Å². The molecule has 1 heterocycles. The molecule has 0 aliphatic carbocycles. The molecule has 6 heteroatoms. The number of nitrogens with one attached hydrogen (secondary N) is 1. The molecule has 0 aliphatic rings. The number of ether oxygens (including phenoxy) is 1. The molecule has 0 spiro atoms. The predicted octanol–water partition coefficient (Wildman–Crippen LogP) is 2.68. The topological polar surface area (TPSA) is 90.1 Å². The zero-order chi connectivity index (χ0) is 16.1. The summed E-state index contributed by atoms with van der Waals surface area (Å²) in [6.45, 7) is 5.84. The maximum Gasteiger partial charge on any atom is 0.322 e. The SMILES string of the molecule is CC(C)c1cccc(Oc2ncc(NC(=O)[C@@H](C)N)cn2)c1. The van der Waals surface area contributed by atoms with Crippen molar-refractivity contribution in [1.29, 1.82) is 0 Å². The monoisotopic (exact) mass is 300 g/mol. The van der Waals surface area contributed by atoms with E-state index in [9.17, 15) is 4.79 Å². The fourth-order valence-electron chi connectivity index (χ4n) is 1.73. The fourth-order valence-corrected chi connectivity index (χ4v) is 1.73. The normalized spacial score (nSPS) is 12.0. The van der Waals surface area contributed by atoms with Crippen LogP contribution in [0.15, 0.2) is 36.7 Å². The molecule has 1 atom stereocenters. The summed E-state index contributed by atoms with van der Waals surface area (Å²) in [5, 5.41) is 2.61. The highest BCUT2D eigenvalue weighted by Crippen LogP contribution is 2.23. The maximum absolute atomic E-state index is 11.5. The Morgan fingerprint density at radius 3 is 2.50 bits per heavy atom. The molecule has 1 amide bonds. The second kappa shape index (κ2) is 7.00. The Kier molecular flexibility index (Phi) is 5.06. The van der Waals surface area contributed by atoms with Crippen molar-refractivity contribution in [2.24, 2.45) is 5.73 Å². The molecule has 3 N–H and O–H groups in total. The highest BCUT2D eigenvalue weighted by Gasteiger charge is 2.09. The molecule has 6 nitrogen and oxygen atoms in total. The number of amides is 1. The minimum absolute atomic E-state index is 0.222. The van der Waals surface area contributed by atoms with Crippen molar-refractivity contribution in [3.63, 3.8) is 0 Å². The number of nitrogens with two attached hydrogens (primary N) is 1. The van der Waals surface area contributed by atoms with E-state index in [1.807, 2.05) is 24.3 Å². The number of hydrogen-bond acceptors (Lipinski definition) is 5. The summed E-state index contributed by atoms with van der Waals surface area (Å²) in [6.07, 6.45) is 2.96. The smallest absolute Gasteiger partial charge is 0.322 e. The molecule has 1 aromatic heterocycles. The summed E-state index contributed by atoms with van der Waals surface area (Å²) in [5.74, 6) is 0.806. The molecule has 0 radical (unpaired) electrons. The van der Waals surface area contributed by atoms with E-state index in [0.717, 1.165) is 0 Å². The van der Waals surface area contributed by atoms with Gasteiger partial charge in [0.15, 0.2) is 0 Å². The number of carbonyl (C=O) groups is 1. The molecular formula is C16H20N4O2. The summed E-state index contributed by atoms with van der Waals surface area (Å²) >= 11 is 0. The third kappa shape index (κ3) is 4.26. The first-order valence-corrected chi connectivity index (χ1v) is 7.12. The van der Waals surface area contributed by atoms with Gasteiger partial charge in [0, 0.05) is 0 Å². The first kappa shape index (κ1) is 15.9. The summed E-state index contributed by atoms with van der Waals surface area (Å²) in [4.78, 5) is 19.6. The van der Waals surface area contributed by atoms with Gasteiger partial charge in [-0.2, -0.15) is 0 Å². The molecule has 0 saturated heterocycles. The van der Waals surface area contributed by atoms with Crippen LogP contribution < -0.4 is 15.8 Å². The Hall–Kier alpha value is -2.47. The van der Waals surface area contributed by atoms with Gasteiger partial charge in [0.2, 0.25) is 5.91 Å². The van der Waals surface area contributed by atoms with E-state index >= 15 is 0 Å². The highest BCUT2D eigenvalue weighted by molar-refractivity contribution is 5.94. The van der Waals surface area contributed by atoms with Crippen molar-refractivity contribution in [3.05, 3.63) is 42.2 Å². The van der Waals surface area contributed by atoms with Crippen LogP contribution in [0.4, 0.5) is 5.69 Å². The van der Waals surface area contributed by atoms with Gasteiger partial charge in [0.05, 0.1) is 24.1 Å². The molecule has 0 unspecified atom stereocenters. The van der Waals surface area contributed by atoms with Crippen molar-refractivity contribution < 1.29 is 9.53 Å². The summed E-state index contributed by atoms with van der Waals surface area (Å²) in [6, 6.07) is 7.42. The molecule has 22 heavy (non-hydrogen) atoms. The Bertz CT molecular complexity index is 639. The number of carbonyl (C=O) groups excluding carboxylic acids is 1. The largest absolute Gasteiger partial charge is 0.424 e. The molecule has 2 rings (SSSR count). The third-order valence-electron chi connectivity index (χ3n) is 3.04. The van der Waals surface area contributed by atoms with E-state index in [1.165, 1.54) is 18.0 Å². The number of hydrogen-bond donors (Lipinski definition) is 2. The molecule has 0 aliphatic heterocycles. The second-order valence-corrected chi connectivity index (χ2v) is 5.36. The van der Waals surface area contributed by atoms with Gasteiger partial charge in [-0.25, -0.2) is 9.97 Å². The summed E-state index contributed by atoms with van der Waals surface area (Å²) in [5.41, 5.74) is 7.13. The van der Waals surface area contributed by atoms with Gasteiger partial charge in [-0.1, -0.05) is 26.0 Å². The molecule has 2 aromatic rings. The quantitative estimate of drug-likeness (QED) is 0.886. The van der Waals surface area contributed by atoms with E-state index < -0.39 is 6.04 Å². The zero-order valence-electron chi connectivity index (χ0n) is 12.9. The van der Waals surface area contributed by atoms with Crippen LogP contribution in [0.3, 0.4) is 0 Å². The van der Waals surface area contributed by atoms with E-state index in [4.69, 9.17) is 10.5 Å². The van der Waals surface area contributed by atoms with Gasteiger partial charge in [-0.15, -0.1) is 0 Å². The lowest BCUT2D eigenvalue weighted by Gasteiger charge is -2.09. The zero-order valence-corrected chi connectivity index (χ0v) is 12.9. The Morgan fingerprint density at radius 1 is 1.23 bits per heavy atom. The van der Waals surface area contributed by atoms with Crippen LogP contribution in [0.25, 0.3) is 0 Å². The number of rotatable bonds is 5. The fraction of sp³-hybridized carbons (Fsp3) is 0.312. The first-order chi connectivity index (χ1) is 10.5. The van der Waals surface area contributed by atoms with Gasteiger partial charge in [-0.3, -0.25) is 4.79 Å². The predicted molar refractivity (Wildman–Crippen MR) is 84.9 cm³/mol. The van der Waals surface area contributed by atoms with Crippen molar-refractivity contribution in [2.45, 2.75) is 32.7 Å². The van der Waals surface area contributed by atoms with Crippen LogP contribution in [0.1, 0.15) is 32.3 Å². The van der Waals surface area contributed by atoms with Gasteiger partial charge in [-0.05, 0) is 30.5 Å². The van der Waals surface area contributed by atoms with Gasteiger partial charge in [0.25, 0.3) is 0 Å². The van der Waals surface area contributed by atoms with Crippen molar-refractivity contribution in [2.75, 3.05) is 5.32 Å². The molecule has 0 fully saturated rings. The molecule has 1 aromatic carbocycles. The van der Waals surface area contributed by atoms with Crippen LogP contribution in [0.5, 0.6) is 11.8 Å². The molecule has 0 bridgehead atoms. The Labute approximate surface area is 129 Å². The first-order valence-electron chi connectivity index (χ1n) is 7.12. The lowest BCUT2D eigenvalue weighted by molar-refractivity contribution is -0.117. The lowest BCUT2D eigenvalue weighted by atomic mass is 10.0. The van der Waals surface area contributed by atoms with E-state index in [1.54, 1.807) is 6.92 Å². The third-order valence-corrected chi connectivity index (χ3v) is 3.04. The van der Waals surface area contributed by atoms with Crippen molar-refractivity contribution in [3.8, 4) is 11.8 Å². The molecule has 0 saturated carbocycles. The van der Waals surface area contributed by atoms with Crippen LogP contribution in [0, 0.1) is 0 Å². The number of aromatic nitrogens is 2. The Morgan fingerprint density at radius 2 is 1.91 bits per heavy atom. The van der Waals surface area contributed by atoms with Crippen molar-refractivity contribution in [1.82, 2.24) is 9.97 Å². The number of nitrogens with zero attached hydrogens (tertiary/aromatic N) is 2. The highest BCUT2D eigenvalue weighted by atomic mass is 16.5. The van der Waals surface area contributed by atoms with Crippen LogP contribution in [0.2, 0.25) is 0 Å². The average Bonchev–Trinajstić information content (AvgIpc) is 2.49. The molecular weight excluding hydrogens is 280 g/mol. The standard InChI is InChI=1S/C16H20N4O2/c1-10(2)12-5-4-6-14(7-12)22-16-18-8-13(9-19-16)20-15(21)11(3)17/h4-11H,17H2,1-3H3,(H,20,21)/t11-/m1/s1. The van der Waals surface area contributed by atoms with Gasteiger partial charge < -0.3 is 15.8 Å². The maximum atomic E-state index is 11.5. The average molecular weight is 300 g/mol. The van der Waals surface area contributed by atoms with E-state index in [0.29, 0.717) is 17.4 Å². The Balaban J connectivity index is 2.05. The van der Waals surface area contributed by atoms with Crippen LogP contribution in [-0.4, -0.2) is 21.9 Å². The van der Waals surface area contributed by atoms with Crippen molar-refractivity contribution >= 4 is 11.6 Å². The molecule has 116 valence electrons. The number of anilines is 1. The van der Waals surface area contributed by atoms with Crippen LogP contribution >= 0.6 is 0 Å². The number of benzene rings is 1. The van der Waals surface area contributed by atoms with Gasteiger partial charge in [0.1, 0.15) is 5.75 Å². The minimum Gasteiger partial charge on any atom is -0.424 e.